The lowest BCUT2D eigenvalue weighted by Gasteiger charge is -2.19. The number of aliphatic hydroxyl groups excluding tert-OH is 1. The molecular weight excluding hydrogens is 273 g/mol. The first-order valence-electron chi connectivity index (χ1n) is 7.12. The Bertz CT molecular complexity index is 572. The van der Waals surface area contributed by atoms with Gasteiger partial charge in [0.2, 0.25) is 5.91 Å². The Labute approximate surface area is 122 Å². The minimum atomic E-state index is -0.560. The fourth-order valence-corrected chi connectivity index (χ4v) is 2.80. The van der Waals surface area contributed by atoms with Crippen molar-refractivity contribution in [1.29, 1.82) is 0 Å². The second-order valence-corrected chi connectivity index (χ2v) is 5.55. The second kappa shape index (κ2) is 5.95. The molecular formula is C16H18FNO3. The molecule has 3 rings (SSSR count). The maximum Gasteiger partial charge on any atom is 0.223 e. The van der Waals surface area contributed by atoms with Gasteiger partial charge in [0.25, 0.3) is 0 Å². The highest BCUT2D eigenvalue weighted by Gasteiger charge is 2.31. The number of hydrogen-bond donors (Lipinski definition) is 1. The molecule has 0 spiro atoms. The molecule has 1 saturated heterocycles. The lowest BCUT2D eigenvalue weighted by Crippen LogP contribution is -2.33. The maximum atomic E-state index is 13.8. The van der Waals surface area contributed by atoms with Crippen LogP contribution in [0.4, 0.5) is 4.39 Å². The van der Waals surface area contributed by atoms with Crippen LogP contribution in [0.2, 0.25) is 0 Å². The largest absolute Gasteiger partial charge is 0.390 e. The number of amides is 1. The van der Waals surface area contributed by atoms with Crippen LogP contribution in [0, 0.1) is 11.7 Å². The minimum absolute atomic E-state index is 0.0212. The van der Waals surface area contributed by atoms with Gasteiger partial charge < -0.3 is 14.7 Å². The van der Waals surface area contributed by atoms with Gasteiger partial charge in [-0.3, -0.25) is 4.79 Å². The first-order chi connectivity index (χ1) is 10.1. The molecule has 2 heterocycles. The van der Waals surface area contributed by atoms with Crippen molar-refractivity contribution in [2.45, 2.75) is 12.5 Å². The van der Waals surface area contributed by atoms with Crippen LogP contribution in [-0.2, 0) is 9.53 Å². The van der Waals surface area contributed by atoms with E-state index >= 15 is 0 Å². The number of aliphatic hydroxyl groups is 1. The number of rotatable bonds is 3. The normalized spacial score (nSPS) is 25.2. The summed E-state index contributed by atoms with van der Waals surface area (Å²) in [6.45, 7) is 1.64. The minimum Gasteiger partial charge on any atom is -0.390 e. The zero-order valence-electron chi connectivity index (χ0n) is 11.7. The average Bonchev–Trinajstić information content (AvgIpc) is 3.09. The molecule has 112 valence electrons. The number of hydrogen-bond acceptors (Lipinski definition) is 3. The summed E-state index contributed by atoms with van der Waals surface area (Å²) in [5.41, 5.74) is 1.39. The predicted octanol–water partition coefficient (Wildman–Crippen LogP) is 1.45. The van der Waals surface area contributed by atoms with Gasteiger partial charge in [0.1, 0.15) is 5.82 Å². The average molecular weight is 291 g/mol. The van der Waals surface area contributed by atoms with Crippen LogP contribution >= 0.6 is 0 Å². The van der Waals surface area contributed by atoms with Crippen LogP contribution in [0.5, 0.6) is 0 Å². The Hall–Kier alpha value is -1.72. The molecule has 0 bridgehead atoms. The smallest absolute Gasteiger partial charge is 0.223 e. The molecule has 2 atom stereocenters. The van der Waals surface area contributed by atoms with E-state index in [-0.39, 0.29) is 24.1 Å². The monoisotopic (exact) mass is 291 g/mol. The molecule has 2 aliphatic heterocycles. The summed E-state index contributed by atoms with van der Waals surface area (Å²) in [6, 6.07) is 6.59. The lowest BCUT2D eigenvalue weighted by atomic mass is 10.0. The molecule has 1 fully saturated rings. The highest BCUT2D eigenvalue weighted by molar-refractivity contribution is 5.82. The van der Waals surface area contributed by atoms with Crippen molar-refractivity contribution >= 4 is 11.5 Å². The van der Waals surface area contributed by atoms with Gasteiger partial charge in [0.15, 0.2) is 0 Å². The summed E-state index contributed by atoms with van der Waals surface area (Å²) < 4.78 is 18.9. The fourth-order valence-electron chi connectivity index (χ4n) is 2.80. The van der Waals surface area contributed by atoms with Crippen LogP contribution in [0.15, 0.2) is 30.3 Å². The Kier molecular flexibility index (Phi) is 4.03. The third kappa shape index (κ3) is 2.99. The van der Waals surface area contributed by atoms with Crippen molar-refractivity contribution in [3.05, 3.63) is 41.7 Å². The molecule has 0 unspecified atom stereocenters. The summed E-state index contributed by atoms with van der Waals surface area (Å²) in [5, 5.41) is 9.69. The molecule has 0 radical (unpaired) electrons. The molecule has 1 aromatic rings. The van der Waals surface area contributed by atoms with E-state index in [1.54, 1.807) is 23.1 Å². The van der Waals surface area contributed by atoms with Gasteiger partial charge in [0.05, 0.1) is 19.3 Å². The van der Waals surface area contributed by atoms with Crippen LogP contribution in [0.25, 0.3) is 5.57 Å². The lowest BCUT2D eigenvalue weighted by molar-refractivity contribution is -0.131. The van der Waals surface area contributed by atoms with Gasteiger partial charge in [-0.2, -0.15) is 0 Å². The molecule has 0 saturated carbocycles. The first kappa shape index (κ1) is 14.2. The van der Waals surface area contributed by atoms with Crippen LogP contribution in [0.3, 0.4) is 0 Å². The summed E-state index contributed by atoms with van der Waals surface area (Å²) >= 11 is 0. The Balaban J connectivity index is 1.61. The number of halogens is 1. The molecule has 1 amide bonds. The number of nitrogens with zero attached hydrogens (tertiary/aromatic N) is 1. The Morgan fingerprint density at radius 3 is 2.90 bits per heavy atom. The zero-order valence-corrected chi connectivity index (χ0v) is 11.7. The number of benzene rings is 1. The molecule has 2 aliphatic rings. The van der Waals surface area contributed by atoms with Crippen molar-refractivity contribution in [2.24, 2.45) is 5.92 Å². The molecule has 0 aromatic heterocycles. The summed E-state index contributed by atoms with van der Waals surface area (Å²) in [5.74, 6) is -0.417. The van der Waals surface area contributed by atoms with E-state index < -0.39 is 6.10 Å². The molecule has 21 heavy (non-hydrogen) atoms. The fraction of sp³-hybridized carbons (Fsp3) is 0.438. The Morgan fingerprint density at radius 1 is 1.38 bits per heavy atom. The molecule has 5 heteroatoms. The predicted molar refractivity (Wildman–Crippen MR) is 75.9 cm³/mol. The zero-order chi connectivity index (χ0) is 14.8. The van der Waals surface area contributed by atoms with Gasteiger partial charge >= 0.3 is 0 Å². The molecule has 4 nitrogen and oxygen atoms in total. The van der Waals surface area contributed by atoms with Crippen LogP contribution < -0.4 is 0 Å². The van der Waals surface area contributed by atoms with E-state index in [2.05, 4.69) is 0 Å². The molecule has 1 N–H and O–H groups in total. The van der Waals surface area contributed by atoms with Crippen molar-refractivity contribution in [3.63, 3.8) is 0 Å². The standard InChI is InChI=1S/C16H18FNO3/c17-14-4-2-1-3-13(14)11-5-6-18(8-11)16(20)7-12-9-21-10-15(12)19/h1-5,12,15,19H,6-10H2/t12-,15-/m1/s1. The van der Waals surface area contributed by atoms with E-state index in [1.165, 1.54) is 6.07 Å². The van der Waals surface area contributed by atoms with Crippen LogP contribution in [-0.4, -0.2) is 48.3 Å². The van der Waals surface area contributed by atoms with E-state index in [0.717, 1.165) is 5.57 Å². The number of ether oxygens (including phenoxy) is 1. The van der Waals surface area contributed by atoms with Gasteiger partial charge in [0, 0.05) is 31.0 Å². The summed E-state index contributed by atoms with van der Waals surface area (Å²) in [7, 11) is 0. The maximum absolute atomic E-state index is 13.8. The van der Waals surface area contributed by atoms with Gasteiger partial charge in [-0.15, -0.1) is 0 Å². The third-order valence-electron chi connectivity index (χ3n) is 4.09. The van der Waals surface area contributed by atoms with Crippen molar-refractivity contribution in [3.8, 4) is 0 Å². The van der Waals surface area contributed by atoms with Gasteiger partial charge in [-0.25, -0.2) is 4.39 Å². The van der Waals surface area contributed by atoms with E-state index in [1.807, 2.05) is 6.08 Å². The highest BCUT2D eigenvalue weighted by atomic mass is 19.1. The number of carbonyl (C=O) groups is 1. The third-order valence-corrected chi connectivity index (χ3v) is 4.09. The van der Waals surface area contributed by atoms with E-state index in [4.69, 9.17) is 4.74 Å². The quantitative estimate of drug-likeness (QED) is 0.917. The highest BCUT2D eigenvalue weighted by Crippen LogP contribution is 2.25. The summed E-state index contributed by atoms with van der Waals surface area (Å²) in [6.07, 6.45) is 1.60. The summed E-state index contributed by atoms with van der Waals surface area (Å²) in [4.78, 5) is 13.9. The number of carbonyl (C=O) groups excluding carboxylic acids is 1. The van der Waals surface area contributed by atoms with Crippen molar-refractivity contribution < 1.29 is 19.0 Å². The molecule has 0 aliphatic carbocycles. The molecule has 1 aromatic carbocycles. The Morgan fingerprint density at radius 2 is 2.19 bits per heavy atom. The first-order valence-corrected chi connectivity index (χ1v) is 7.12. The van der Waals surface area contributed by atoms with E-state index in [9.17, 15) is 14.3 Å². The van der Waals surface area contributed by atoms with Crippen LogP contribution in [0.1, 0.15) is 12.0 Å². The van der Waals surface area contributed by atoms with Crippen molar-refractivity contribution in [2.75, 3.05) is 26.3 Å². The van der Waals surface area contributed by atoms with E-state index in [0.29, 0.717) is 31.9 Å². The van der Waals surface area contributed by atoms with Gasteiger partial charge in [-0.05, 0) is 11.6 Å². The SMILES string of the molecule is O=C(C[C@@H]1COC[C@H]1O)N1CC=C(c2ccccc2F)C1. The topological polar surface area (TPSA) is 49.8 Å². The van der Waals surface area contributed by atoms with Crippen molar-refractivity contribution in [1.82, 2.24) is 4.90 Å². The van der Waals surface area contributed by atoms with Gasteiger partial charge in [-0.1, -0.05) is 24.3 Å². The second-order valence-electron chi connectivity index (χ2n) is 5.55.